The van der Waals surface area contributed by atoms with Crippen molar-refractivity contribution < 1.29 is 5.11 Å². The van der Waals surface area contributed by atoms with Gasteiger partial charge in [0.05, 0.1) is 6.33 Å². The number of nitrogens with zero attached hydrogens (tertiary/aromatic N) is 1. The maximum absolute atomic E-state index is 11.4. The molecule has 1 aromatic heterocycles. The summed E-state index contributed by atoms with van der Waals surface area (Å²) in [4.78, 5) is 17.9. The van der Waals surface area contributed by atoms with E-state index in [4.69, 9.17) is 5.73 Å². The number of nitrogens with one attached hydrogen (secondary N) is 2. The van der Waals surface area contributed by atoms with E-state index in [9.17, 15) is 9.90 Å². The molecule has 0 unspecified atom stereocenters. The number of halogens is 1. The number of H-pyrrole nitrogens is 1. The van der Waals surface area contributed by atoms with Crippen LogP contribution in [0.4, 0.5) is 11.5 Å². The van der Waals surface area contributed by atoms with Crippen LogP contribution in [0, 0.1) is 3.57 Å². The van der Waals surface area contributed by atoms with E-state index in [1.165, 1.54) is 12.4 Å². The highest BCUT2D eigenvalue weighted by molar-refractivity contribution is 14.1. The molecule has 0 saturated heterocycles. The van der Waals surface area contributed by atoms with Crippen molar-refractivity contribution in [3.8, 4) is 5.75 Å². The Morgan fingerprint density at radius 1 is 1.50 bits per heavy atom. The third-order valence-electron chi connectivity index (χ3n) is 2.35. The van der Waals surface area contributed by atoms with Crippen molar-refractivity contribution in [1.29, 1.82) is 0 Å². The number of phenolic OH excluding ortho intramolecular Hbond substituents is 1. The molecule has 0 bridgehead atoms. The molecule has 0 spiro atoms. The summed E-state index contributed by atoms with van der Waals surface area (Å²) in [6, 6.07) is 4.82. The summed E-state index contributed by atoms with van der Waals surface area (Å²) >= 11 is 1.91. The number of aromatic nitrogens is 2. The largest absolute Gasteiger partial charge is 0.508 e. The first-order valence-corrected chi connectivity index (χ1v) is 6.20. The van der Waals surface area contributed by atoms with E-state index in [0.29, 0.717) is 27.2 Å². The Balaban J connectivity index is 2.19. The standard InChI is InChI=1S/C11H11IN4O2/c12-9-10(15-5-16-11(9)18)14-4-6-3-7(13)1-2-8(6)17/h1-3,5,17H,4,13H2,(H2,14,15,16,18). The first-order valence-electron chi connectivity index (χ1n) is 5.12. The van der Waals surface area contributed by atoms with Crippen molar-refractivity contribution in [1.82, 2.24) is 9.97 Å². The molecule has 18 heavy (non-hydrogen) atoms. The molecule has 0 aliphatic heterocycles. The number of hydrogen-bond acceptors (Lipinski definition) is 5. The molecule has 5 N–H and O–H groups in total. The van der Waals surface area contributed by atoms with Gasteiger partial charge >= 0.3 is 0 Å². The normalized spacial score (nSPS) is 10.3. The second-order valence-corrected chi connectivity index (χ2v) is 4.71. The molecule has 0 fully saturated rings. The smallest absolute Gasteiger partial charge is 0.266 e. The van der Waals surface area contributed by atoms with Crippen LogP contribution < -0.4 is 16.6 Å². The second-order valence-electron chi connectivity index (χ2n) is 3.64. The molecule has 94 valence electrons. The highest BCUT2D eigenvalue weighted by Crippen LogP contribution is 2.21. The zero-order valence-electron chi connectivity index (χ0n) is 9.27. The minimum atomic E-state index is -0.204. The van der Waals surface area contributed by atoms with Crippen molar-refractivity contribution in [2.75, 3.05) is 11.1 Å². The van der Waals surface area contributed by atoms with Gasteiger partial charge in [-0.05, 0) is 40.8 Å². The van der Waals surface area contributed by atoms with Gasteiger partial charge in [-0.3, -0.25) is 4.79 Å². The predicted octanol–water partition coefficient (Wildman–Crippen LogP) is 1.27. The van der Waals surface area contributed by atoms with E-state index in [2.05, 4.69) is 15.3 Å². The lowest BCUT2D eigenvalue weighted by Crippen LogP contribution is -2.14. The van der Waals surface area contributed by atoms with Crippen molar-refractivity contribution in [2.45, 2.75) is 6.54 Å². The number of nitrogen functional groups attached to an aromatic ring is 1. The van der Waals surface area contributed by atoms with E-state index in [1.807, 2.05) is 22.6 Å². The van der Waals surface area contributed by atoms with E-state index in [-0.39, 0.29) is 11.3 Å². The van der Waals surface area contributed by atoms with Crippen LogP contribution in [0.25, 0.3) is 0 Å². The fourth-order valence-corrected chi connectivity index (χ4v) is 1.92. The van der Waals surface area contributed by atoms with Gasteiger partial charge in [0.25, 0.3) is 5.56 Å². The van der Waals surface area contributed by atoms with Crippen LogP contribution in [0.2, 0.25) is 0 Å². The molecule has 0 aliphatic carbocycles. The van der Waals surface area contributed by atoms with Crippen LogP contribution in [0.1, 0.15) is 5.56 Å². The summed E-state index contributed by atoms with van der Waals surface area (Å²) in [7, 11) is 0. The summed E-state index contributed by atoms with van der Waals surface area (Å²) in [5.41, 5.74) is 6.65. The van der Waals surface area contributed by atoms with Crippen LogP contribution in [-0.2, 0) is 6.54 Å². The van der Waals surface area contributed by atoms with Gasteiger partial charge in [-0.25, -0.2) is 4.98 Å². The van der Waals surface area contributed by atoms with Crippen LogP contribution in [0.3, 0.4) is 0 Å². The number of nitrogens with two attached hydrogens (primary N) is 1. The van der Waals surface area contributed by atoms with Crippen LogP contribution >= 0.6 is 22.6 Å². The van der Waals surface area contributed by atoms with E-state index in [0.717, 1.165) is 0 Å². The van der Waals surface area contributed by atoms with Gasteiger partial charge in [0.15, 0.2) is 0 Å². The maximum Gasteiger partial charge on any atom is 0.266 e. The number of phenols is 1. The fourth-order valence-electron chi connectivity index (χ4n) is 1.43. The van der Waals surface area contributed by atoms with Gasteiger partial charge in [0.2, 0.25) is 0 Å². The lowest BCUT2D eigenvalue weighted by atomic mass is 10.2. The molecule has 2 aromatic rings. The average molecular weight is 358 g/mol. The Morgan fingerprint density at radius 2 is 2.28 bits per heavy atom. The first kappa shape index (κ1) is 12.7. The molecule has 2 rings (SSSR count). The topological polar surface area (TPSA) is 104 Å². The number of anilines is 2. The lowest BCUT2D eigenvalue weighted by molar-refractivity contribution is 0.469. The quantitative estimate of drug-likeness (QED) is 0.376. The van der Waals surface area contributed by atoms with Gasteiger partial charge in [-0.1, -0.05) is 0 Å². The SMILES string of the molecule is Nc1ccc(O)c(CNc2nc[nH]c(=O)c2I)c1. The molecule has 1 heterocycles. The molecule has 0 saturated carbocycles. The van der Waals surface area contributed by atoms with Gasteiger partial charge in [-0.15, -0.1) is 0 Å². The predicted molar refractivity (Wildman–Crippen MR) is 77.4 cm³/mol. The number of benzene rings is 1. The van der Waals surface area contributed by atoms with Gasteiger partial charge in [-0.2, -0.15) is 0 Å². The summed E-state index contributed by atoms with van der Waals surface area (Å²) in [5.74, 6) is 0.623. The van der Waals surface area contributed by atoms with Crippen LogP contribution in [0.5, 0.6) is 5.75 Å². The number of rotatable bonds is 3. The van der Waals surface area contributed by atoms with E-state index >= 15 is 0 Å². The number of aromatic amines is 1. The van der Waals surface area contributed by atoms with Crippen molar-refractivity contribution in [2.24, 2.45) is 0 Å². The molecular formula is C11H11IN4O2. The Labute approximate surface area is 116 Å². The Kier molecular flexibility index (Phi) is 3.70. The van der Waals surface area contributed by atoms with Crippen molar-refractivity contribution in [3.05, 3.63) is 44.0 Å². The third kappa shape index (κ3) is 2.73. The maximum atomic E-state index is 11.4. The monoisotopic (exact) mass is 358 g/mol. The Hall–Kier alpha value is -1.77. The van der Waals surface area contributed by atoms with Crippen molar-refractivity contribution in [3.63, 3.8) is 0 Å². The van der Waals surface area contributed by atoms with Crippen molar-refractivity contribution >= 4 is 34.1 Å². The molecule has 0 radical (unpaired) electrons. The van der Waals surface area contributed by atoms with Gasteiger partial charge in [0.1, 0.15) is 15.1 Å². The summed E-state index contributed by atoms with van der Waals surface area (Å²) < 4.78 is 0.471. The molecule has 0 amide bonds. The molecule has 0 aliphatic rings. The fraction of sp³-hybridized carbons (Fsp3) is 0.0909. The van der Waals surface area contributed by atoms with Gasteiger partial charge < -0.3 is 21.1 Å². The van der Waals surface area contributed by atoms with Crippen LogP contribution in [-0.4, -0.2) is 15.1 Å². The second kappa shape index (κ2) is 5.25. The molecule has 0 atom stereocenters. The summed E-state index contributed by atoms with van der Waals surface area (Å²) in [5, 5.41) is 12.6. The highest BCUT2D eigenvalue weighted by atomic mass is 127. The zero-order chi connectivity index (χ0) is 13.1. The lowest BCUT2D eigenvalue weighted by Gasteiger charge is -2.08. The van der Waals surface area contributed by atoms with Gasteiger partial charge in [0, 0.05) is 17.8 Å². The van der Waals surface area contributed by atoms with E-state index < -0.39 is 0 Å². The molecular weight excluding hydrogens is 347 g/mol. The Bertz CT molecular complexity index is 627. The number of hydrogen-bond donors (Lipinski definition) is 4. The number of aromatic hydroxyl groups is 1. The third-order valence-corrected chi connectivity index (χ3v) is 3.35. The molecule has 6 nitrogen and oxygen atoms in total. The average Bonchev–Trinajstić information content (AvgIpc) is 2.35. The van der Waals surface area contributed by atoms with E-state index in [1.54, 1.807) is 12.1 Å². The highest BCUT2D eigenvalue weighted by Gasteiger charge is 2.06. The minimum Gasteiger partial charge on any atom is -0.508 e. The zero-order valence-corrected chi connectivity index (χ0v) is 11.4. The first-order chi connectivity index (χ1) is 8.58. The van der Waals surface area contributed by atoms with Crippen LogP contribution in [0.15, 0.2) is 29.3 Å². The summed E-state index contributed by atoms with van der Waals surface area (Å²) in [6.07, 6.45) is 1.33. The summed E-state index contributed by atoms with van der Waals surface area (Å²) in [6.45, 7) is 0.337. The molecule has 7 heteroatoms. The minimum absolute atomic E-state index is 0.150. The molecule has 1 aromatic carbocycles. The Morgan fingerprint density at radius 3 is 3.06 bits per heavy atom.